The average Bonchev–Trinajstić information content (AvgIpc) is 2.99. The maximum absolute atomic E-state index is 13.3. The molecule has 4 rings (SSSR count). The lowest BCUT2D eigenvalue weighted by atomic mass is 10.2. The number of carbonyl (C=O) groups is 2. The molecule has 0 saturated carbocycles. The quantitative estimate of drug-likeness (QED) is 0.520. The van der Waals surface area contributed by atoms with E-state index in [2.05, 4.69) is 30.9 Å². The van der Waals surface area contributed by atoms with Crippen LogP contribution < -0.4 is 20.9 Å². The fourth-order valence-corrected chi connectivity index (χ4v) is 3.85. The highest BCUT2D eigenvalue weighted by atomic mass is 35.5. The van der Waals surface area contributed by atoms with Crippen molar-refractivity contribution in [2.24, 2.45) is 0 Å². The summed E-state index contributed by atoms with van der Waals surface area (Å²) in [6.07, 6.45) is 0.801. The van der Waals surface area contributed by atoms with Crippen LogP contribution in [-0.4, -0.2) is 52.4 Å². The molecule has 2 aromatic heterocycles. The van der Waals surface area contributed by atoms with Crippen LogP contribution in [0.15, 0.2) is 36.4 Å². The highest BCUT2D eigenvalue weighted by molar-refractivity contribution is 6.29. The van der Waals surface area contributed by atoms with Crippen molar-refractivity contribution in [2.45, 2.75) is 26.3 Å². The Balaban J connectivity index is 1.76. The predicted molar refractivity (Wildman–Crippen MR) is 125 cm³/mol. The van der Waals surface area contributed by atoms with Crippen molar-refractivity contribution in [3.05, 3.63) is 47.1 Å². The van der Waals surface area contributed by atoms with Crippen LogP contribution in [0.4, 0.5) is 17.5 Å². The third-order valence-electron chi connectivity index (χ3n) is 5.10. The number of aryl methyl sites for hydroxylation is 1. The summed E-state index contributed by atoms with van der Waals surface area (Å²) in [5.74, 6) is 0.150. The number of fused-ring (bicyclic) bond motifs is 1. The number of aromatic nitrogens is 3. The standard InChI is InChI=1S/C22H24ClN7O2/c1-13-5-3-6-15(11-13)26-21(32)17-12-24-9-4-10-30(17)20-19-16(7-8-18(23)28-19)27-22(29-20)25-14(2)31/h3,5-8,11,17,24H,4,9-10,12H2,1-2H3,(H,26,32)(H,25,27,29,31). The van der Waals surface area contributed by atoms with Gasteiger partial charge in [-0.1, -0.05) is 23.7 Å². The normalized spacial score (nSPS) is 16.5. The fraction of sp³-hybridized carbons (Fsp3) is 0.318. The number of benzene rings is 1. The number of carbonyl (C=O) groups excluding carboxylic acids is 2. The van der Waals surface area contributed by atoms with Gasteiger partial charge in [0, 0.05) is 25.7 Å². The van der Waals surface area contributed by atoms with Crippen LogP contribution in [-0.2, 0) is 9.59 Å². The molecule has 1 unspecified atom stereocenters. The Hall–Kier alpha value is -3.30. The molecule has 1 aliphatic rings. The maximum Gasteiger partial charge on any atom is 0.248 e. The average molecular weight is 454 g/mol. The summed E-state index contributed by atoms with van der Waals surface area (Å²) in [5.41, 5.74) is 2.78. The maximum atomic E-state index is 13.3. The topological polar surface area (TPSA) is 112 Å². The van der Waals surface area contributed by atoms with Gasteiger partial charge < -0.3 is 15.5 Å². The molecule has 1 aliphatic heterocycles. The van der Waals surface area contributed by atoms with Gasteiger partial charge in [0.2, 0.25) is 17.8 Å². The molecule has 9 nitrogen and oxygen atoms in total. The zero-order valence-corrected chi connectivity index (χ0v) is 18.6. The van der Waals surface area contributed by atoms with Crippen LogP contribution in [0, 0.1) is 6.92 Å². The summed E-state index contributed by atoms with van der Waals surface area (Å²) in [7, 11) is 0. The smallest absolute Gasteiger partial charge is 0.248 e. The van der Waals surface area contributed by atoms with E-state index in [4.69, 9.17) is 11.6 Å². The summed E-state index contributed by atoms with van der Waals surface area (Å²) in [6.45, 7) is 5.13. The lowest BCUT2D eigenvalue weighted by Crippen LogP contribution is -2.48. The summed E-state index contributed by atoms with van der Waals surface area (Å²) in [5, 5.41) is 9.25. The van der Waals surface area contributed by atoms with Crippen molar-refractivity contribution in [2.75, 3.05) is 35.2 Å². The minimum Gasteiger partial charge on any atom is -0.341 e. The molecule has 0 aliphatic carbocycles. The fourth-order valence-electron chi connectivity index (χ4n) is 3.70. The van der Waals surface area contributed by atoms with Crippen molar-refractivity contribution in [1.29, 1.82) is 0 Å². The number of anilines is 3. The molecule has 3 N–H and O–H groups in total. The van der Waals surface area contributed by atoms with Gasteiger partial charge in [-0.2, -0.15) is 4.98 Å². The van der Waals surface area contributed by atoms with E-state index < -0.39 is 6.04 Å². The van der Waals surface area contributed by atoms with Gasteiger partial charge in [0.05, 0.1) is 5.52 Å². The highest BCUT2D eigenvalue weighted by Crippen LogP contribution is 2.28. The second kappa shape index (κ2) is 9.46. The molecule has 32 heavy (non-hydrogen) atoms. The molecule has 0 bridgehead atoms. The van der Waals surface area contributed by atoms with Crippen molar-refractivity contribution >= 4 is 51.9 Å². The molecule has 1 saturated heterocycles. The number of nitrogens with one attached hydrogen (secondary N) is 3. The first-order valence-electron chi connectivity index (χ1n) is 10.4. The molecule has 166 valence electrons. The SMILES string of the molecule is CC(=O)Nc1nc(N2CCCNCC2C(=O)Nc2cccc(C)c2)c2nc(Cl)ccc2n1. The lowest BCUT2D eigenvalue weighted by molar-refractivity contribution is -0.117. The van der Waals surface area contributed by atoms with Crippen LogP contribution >= 0.6 is 11.6 Å². The number of rotatable bonds is 4. The number of hydrogen-bond donors (Lipinski definition) is 3. The predicted octanol–water partition coefficient (Wildman–Crippen LogP) is 2.75. The molecule has 0 radical (unpaired) electrons. The molecule has 2 amide bonds. The summed E-state index contributed by atoms with van der Waals surface area (Å²) < 4.78 is 0. The van der Waals surface area contributed by atoms with Gasteiger partial charge >= 0.3 is 0 Å². The van der Waals surface area contributed by atoms with Crippen molar-refractivity contribution in [1.82, 2.24) is 20.3 Å². The van der Waals surface area contributed by atoms with Crippen molar-refractivity contribution < 1.29 is 9.59 Å². The molecular weight excluding hydrogens is 430 g/mol. The van der Waals surface area contributed by atoms with Crippen LogP contribution in [0.1, 0.15) is 18.9 Å². The Morgan fingerprint density at radius 1 is 1.16 bits per heavy atom. The number of halogens is 1. The Bertz CT molecular complexity index is 1170. The zero-order valence-electron chi connectivity index (χ0n) is 17.9. The van der Waals surface area contributed by atoms with E-state index in [1.165, 1.54) is 6.92 Å². The molecule has 0 spiro atoms. The summed E-state index contributed by atoms with van der Waals surface area (Å²) in [6, 6.07) is 10.4. The third kappa shape index (κ3) is 4.95. The minimum atomic E-state index is -0.554. The van der Waals surface area contributed by atoms with Gasteiger partial charge in [-0.15, -0.1) is 0 Å². The molecule has 3 aromatic rings. The van der Waals surface area contributed by atoms with E-state index in [1.54, 1.807) is 12.1 Å². The Kier molecular flexibility index (Phi) is 6.48. The van der Waals surface area contributed by atoms with Crippen LogP contribution in [0.5, 0.6) is 0 Å². The Morgan fingerprint density at radius 2 is 2.00 bits per heavy atom. The number of pyridine rings is 1. The van der Waals surface area contributed by atoms with Crippen molar-refractivity contribution in [3.63, 3.8) is 0 Å². The van der Waals surface area contributed by atoms with Gasteiger partial charge in [0.15, 0.2) is 5.82 Å². The Labute approximate surface area is 190 Å². The molecule has 1 fully saturated rings. The number of amides is 2. The lowest BCUT2D eigenvalue weighted by Gasteiger charge is -2.30. The van der Waals surface area contributed by atoms with Gasteiger partial charge in [-0.25, -0.2) is 9.97 Å². The number of nitrogens with zero attached hydrogens (tertiary/aromatic N) is 4. The first kappa shape index (κ1) is 21.9. The summed E-state index contributed by atoms with van der Waals surface area (Å²) >= 11 is 6.16. The first-order chi connectivity index (χ1) is 15.4. The zero-order chi connectivity index (χ0) is 22.7. The van der Waals surface area contributed by atoms with E-state index in [1.807, 2.05) is 36.1 Å². The molecule has 1 aromatic carbocycles. The van der Waals surface area contributed by atoms with E-state index in [0.717, 1.165) is 24.2 Å². The minimum absolute atomic E-state index is 0.152. The monoisotopic (exact) mass is 453 g/mol. The Morgan fingerprint density at radius 3 is 2.78 bits per heavy atom. The van der Waals surface area contributed by atoms with Crippen LogP contribution in [0.25, 0.3) is 11.0 Å². The van der Waals surface area contributed by atoms with E-state index in [-0.39, 0.29) is 17.8 Å². The molecule has 3 heterocycles. The molecule has 1 atom stereocenters. The van der Waals surface area contributed by atoms with Crippen LogP contribution in [0.2, 0.25) is 5.15 Å². The van der Waals surface area contributed by atoms with E-state index >= 15 is 0 Å². The molecular formula is C22H24ClN7O2. The van der Waals surface area contributed by atoms with E-state index in [9.17, 15) is 9.59 Å². The third-order valence-corrected chi connectivity index (χ3v) is 5.32. The van der Waals surface area contributed by atoms with E-state index in [0.29, 0.717) is 35.1 Å². The van der Waals surface area contributed by atoms with Gasteiger partial charge in [-0.3, -0.25) is 14.9 Å². The second-order valence-corrected chi connectivity index (χ2v) is 8.07. The second-order valence-electron chi connectivity index (χ2n) is 7.68. The highest BCUT2D eigenvalue weighted by Gasteiger charge is 2.31. The van der Waals surface area contributed by atoms with Gasteiger partial charge in [-0.05, 0) is 49.7 Å². The first-order valence-corrected chi connectivity index (χ1v) is 10.8. The van der Waals surface area contributed by atoms with Crippen LogP contribution in [0.3, 0.4) is 0 Å². The van der Waals surface area contributed by atoms with Crippen molar-refractivity contribution in [3.8, 4) is 0 Å². The van der Waals surface area contributed by atoms with Gasteiger partial charge in [0.1, 0.15) is 16.7 Å². The largest absolute Gasteiger partial charge is 0.341 e. The van der Waals surface area contributed by atoms with Gasteiger partial charge in [0.25, 0.3) is 0 Å². The number of hydrogen-bond acceptors (Lipinski definition) is 7. The molecule has 10 heteroatoms. The summed E-state index contributed by atoms with van der Waals surface area (Å²) in [4.78, 5) is 40.2.